The van der Waals surface area contributed by atoms with Crippen LogP contribution in [0.15, 0.2) is 18.2 Å². The van der Waals surface area contributed by atoms with Crippen molar-refractivity contribution in [2.75, 3.05) is 11.9 Å². The summed E-state index contributed by atoms with van der Waals surface area (Å²) in [6.45, 7) is 0.737. The maximum Gasteiger partial charge on any atom is 0.173 e. The molecule has 80 valence electrons. The minimum absolute atomic E-state index is 0.120. The number of hydrogen-bond donors (Lipinski definition) is 0. The van der Waals surface area contributed by atoms with Crippen molar-refractivity contribution in [2.45, 2.75) is 6.42 Å². The maximum atomic E-state index is 11.3. The summed E-state index contributed by atoms with van der Waals surface area (Å²) in [7, 11) is 0. The fraction of sp³-hybridized carbons (Fsp3) is 0.273. The first kappa shape index (κ1) is 12.3. The number of carbonyl (C=O) groups is 1. The summed E-state index contributed by atoms with van der Waals surface area (Å²) in [4.78, 5) is 11.3. The lowest BCUT2D eigenvalue weighted by Gasteiger charge is -2.00. The average molecular weight is 287 g/mol. The van der Waals surface area contributed by atoms with E-state index < -0.39 is 0 Å². The van der Waals surface area contributed by atoms with Crippen LogP contribution in [0.3, 0.4) is 0 Å². The minimum atomic E-state index is 0.120. The number of benzene rings is 1. The lowest BCUT2D eigenvalue weighted by atomic mass is 10.1. The van der Waals surface area contributed by atoms with E-state index in [1.165, 1.54) is 0 Å². The van der Waals surface area contributed by atoms with E-state index in [1.54, 1.807) is 0 Å². The van der Waals surface area contributed by atoms with Gasteiger partial charge in [0.15, 0.2) is 5.78 Å². The van der Waals surface area contributed by atoms with Gasteiger partial charge in [-0.15, -0.1) is 0 Å². The zero-order valence-electron chi connectivity index (χ0n) is 8.16. The van der Waals surface area contributed by atoms with Crippen LogP contribution in [0.2, 0.25) is 0 Å². The highest BCUT2D eigenvalue weighted by molar-refractivity contribution is 9.09. The monoisotopic (exact) mass is 286 g/mol. The first-order valence-corrected chi connectivity index (χ1v) is 6.15. The van der Waals surface area contributed by atoms with Crippen molar-refractivity contribution in [3.63, 3.8) is 0 Å². The molecule has 1 aliphatic heterocycles. The molecular formula is C11H11BrO2S. The topological polar surface area (TPSA) is 26.3 Å². The van der Waals surface area contributed by atoms with Gasteiger partial charge in [-0.3, -0.25) is 4.79 Å². The summed E-state index contributed by atoms with van der Waals surface area (Å²) in [5.41, 5.74) is 1.91. The molecule has 1 aromatic rings. The molecule has 0 aliphatic carbocycles. The molecule has 1 heterocycles. The third-order valence-electron chi connectivity index (χ3n) is 2.13. The van der Waals surface area contributed by atoms with Crippen LogP contribution in [-0.4, -0.2) is 23.6 Å². The maximum absolute atomic E-state index is 11.3. The third-order valence-corrected chi connectivity index (χ3v) is 2.64. The highest BCUT2D eigenvalue weighted by Gasteiger charge is 2.13. The van der Waals surface area contributed by atoms with E-state index >= 15 is 0 Å². The molecule has 0 N–H and O–H groups in total. The smallest absolute Gasteiger partial charge is 0.173 e. The second kappa shape index (κ2) is 5.98. The zero-order chi connectivity index (χ0) is 11.3. The van der Waals surface area contributed by atoms with Gasteiger partial charge in [-0.25, -0.2) is 0 Å². The van der Waals surface area contributed by atoms with Gasteiger partial charge >= 0.3 is 0 Å². The van der Waals surface area contributed by atoms with Gasteiger partial charge in [-0.1, -0.05) is 28.1 Å². The summed E-state index contributed by atoms with van der Waals surface area (Å²) >= 11 is 6.98. The van der Waals surface area contributed by atoms with Gasteiger partial charge in [-0.2, -0.15) is 0 Å². The average Bonchev–Trinajstić information content (AvgIpc) is 2.77. The Hall–Kier alpha value is -0.740. The fourth-order valence-corrected chi connectivity index (χ4v) is 1.76. The lowest BCUT2D eigenvalue weighted by molar-refractivity contribution is 0.102. The summed E-state index contributed by atoms with van der Waals surface area (Å²) in [6.07, 6.45) is 0.915. The van der Waals surface area contributed by atoms with Gasteiger partial charge in [0.05, 0.1) is 11.9 Å². The molecule has 2 rings (SSSR count). The summed E-state index contributed by atoms with van der Waals surface area (Å²) in [6, 6.07) is 5.61. The second-order valence-corrected chi connectivity index (χ2v) is 3.54. The number of halogens is 1. The number of hydrogen-bond acceptors (Lipinski definition) is 3. The molecule has 0 saturated carbocycles. The largest absolute Gasteiger partial charge is 0.493 e. The van der Waals surface area contributed by atoms with Crippen LogP contribution in [0, 0.1) is 0 Å². The molecular weight excluding hydrogens is 276 g/mol. The molecule has 4 heteroatoms. The highest BCUT2D eigenvalue weighted by atomic mass is 79.9. The van der Waals surface area contributed by atoms with E-state index in [0.29, 0.717) is 5.33 Å². The van der Waals surface area contributed by atoms with Gasteiger partial charge < -0.3 is 4.74 Å². The predicted molar refractivity (Wildman–Crippen MR) is 68.5 cm³/mol. The second-order valence-electron chi connectivity index (χ2n) is 2.98. The standard InChI is InChI=1S/C10H9BrO2.CH2S/c11-6-9(12)7-1-2-10-8(5-7)3-4-13-10;1-2/h1-2,5H,3-4,6H2;1H2. The Morgan fingerprint density at radius 2 is 2.27 bits per heavy atom. The van der Waals surface area contributed by atoms with Crippen molar-refractivity contribution in [2.24, 2.45) is 0 Å². The van der Waals surface area contributed by atoms with Crippen molar-refractivity contribution in [1.29, 1.82) is 0 Å². The van der Waals surface area contributed by atoms with Gasteiger partial charge in [-0.05, 0) is 29.6 Å². The molecule has 0 unspecified atom stereocenters. The van der Waals surface area contributed by atoms with Crippen LogP contribution in [-0.2, 0) is 6.42 Å². The zero-order valence-corrected chi connectivity index (χ0v) is 10.6. The minimum Gasteiger partial charge on any atom is -0.493 e. The number of Topliss-reactive ketones (excluding diaryl/α,β-unsaturated/α-hetero) is 1. The molecule has 0 atom stereocenters. The van der Waals surface area contributed by atoms with Gasteiger partial charge in [0.2, 0.25) is 0 Å². The predicted octanol–water partition coefficient (Wildman–Crippen LogP) is 2.82. The van der Waals surface area contributed by atoms with Crippen molar-refractivity contribution in [1.82, 2.24) is 0 Å². The van der Waals surface area contributed by atoms with Crippen LogP contribution in [0.4, 0.5) is 0 Å². The van der Waals surface area contributed by atoms with Gasteiger partial charge in [0.1, 0.15) is 5.75 Å². The van der Waals surface area contributed by atoms with Crippen LogP contribution >= 0.6 is 28.1 Å². The quantitative estimate of drug-likeness (QED) is 0.475. The molecule has 0 fully saturated rings. The Morgan fingerprint density at radius 3 is 2.93 bits per heavy atom. The van der Waals surface area contributed by atoms with E-state index in [4.69, 9.17) is 4.74 Å². The van der Waals surface area contributed by atoms with Crippen LogP contribution in [0.5, 0.6) is 5.75 Å². The Balaban J connectivity index is 0.000000531. The Morgan fingerprint density at radius 1 is 1.53 bits per heavy atom. The Bertz CT molecular complexity index is 366. The molecule has 2 nitrogen and oxygen atoms in total. The molecule has 0 radical (unpaired) electrons. The van der Waals surface area contributed by atoms with Gasteiger partial charge in [0, 0.05) is 12.0 Å². The van der Waals surface area contributed by atoms with Crippen molar-refractivity contribution in [3.05, 3.63) is 29.3 Å². The molecule has 1 aromatic carbocycles. The molecule has 0 aromatic heterocycles. The molecule has 0 bridgehead atoms. The van der Waals surface area contributed by atoms with Gasteiger partial charge in [0.25, 0.3) is 0 Å². The normalized spacial score (nSPS) is 12.1. The van der Waals surface area contributed by atoms with E-state index in [1.807, 2.05) is 18.2 Å². The number of ketones is 1. The molecule has 0 amide bonds. The third kappa shape index (κ3) is 2.86. The van der Waals surface area contributed by atoms with E-state index in [0.717, 1.165) is 29.9 Å². The lowest BCUT2D eigenvalue weighted by Crippen LogP contribution is -1.99. The Kier molecular flexibility index (Phi) is 4.91. The van der Waals surface area contributed by atoms with E-state index in [-0.39, 0.29) is 5.78 Å². The molecule has 0 saturated heterocycles. The Labute approximate surface area is 103 Å². The number of fused-ring (bicyclic) bond motifs is 1. The molecule has 15 heavy (non-hydrogen) atoms. The number of thiocarbonyl (C=S) groups is 1. The van der Waals surface area contributed by atoms with Crippen LogP contribution in [0.1, 0.15) is 15.9 Å². The SMILES string of the molecule is C=S.O=C(CBr)c1ccc2c(c1)CCO2. The van der Waals surface area contributed by atoms with E-state index in [9.17, 15) is 4.79 Å². The van der Waals surface area contributed by atoms with Crippen molar-refractivity contribution < 1.29 is 9.53 Å². The number of ether oxygens (including phenoxy) is 1. The highest BCUT2D eigenvalue weighted by Crippen LogP contribution is 2.26. The first-order valence-electron chi connectivity index (χ1n) is 4.45. The summed E-state index contributed by atoms with van der Waals surface area (Å²) in [5, 5.41) is 0.382. The van der Waals surface area contributed by atoms with Crippen molar-refractivity contribution in [3.8, 4) is 5.75 Å². The van der Waals surface area contributed by atoms with Crippen molar-refractivity contribution >= 4 is 39.8 Å². The van der Waals surface area contributed by atoms with Crippen LogP contribution in [0.25, 0.3) is 0 Å². The summed E-state index contributed by atoms with van der Waals surface area (Å²) < 4.78 is 5.34. The van der Waals surface area contributed by atoms with E-state index in [2.05, 4.69) is 34.0 Å². The number of carbonyl (C=O) groups excluding carboxylic acids is 1. The molecule has 0 spiro atoms. The van der Waals surface area contributed by atoms with Crippen LogP contribution < -0.4 is 4.74 Å². The molecule has 1 aliphatic rings. The number of rotatable bonds is 2. The fourth-order valence-electron chi connectivity index (χ4n) is 1.44. The first-order chi connectivity index (χ1) is 7.31. The summed E-state index contributed by atoms with van der Waals surface area (Å²) in [5.74, 6) is 3.88. The number of alkyl halides is 1.